The number of aromatic nitrogens is 2. The summed E-state index contributed by atoms with van der Waals surface area (Å²) in [7, 11) is -0.765. The molecule has 0 radical (unpaired) electrons. The zero-order valence-corrected chi connectivity index (χ0v) is 23.0. The summed E-state index contributed by atoms with van der Waals surface area (Å²) in [6.45, 7) is 8.22. The Balaban J connectivity index is 0.00000148. The minimum atomic E-state index is -0.905. The Labute approximate surface area is 220 Å². The molecule has 5 rings (SSSR count). The quantitative estimate of drug-likeness (QED) is 0.351. The van der Waals surface area contributed by atoms with Crippen LogP contribution in [-0.4, -0.2) is 54.8 Å². The van der Waals surface area contributed by atoms with Gasteiger partial charge in [-0.25, -0.2) is 4.98 Å². The van der Waals surface area contributed by atoms with Gasteiger partial charge in [-0.05, 0) is 42.3 Å². The second-order valence-corrected chi connectivity index (χ2v) is 11.3. The third-order valence-corrected chi connectivity index (χ3v) is 8.33. The fourth-order valence-corrected chi connectivity index (χ4v) is 6.30. The van der Waals surface area contributed by atoms with Gasteiger partial charge in [0.25, 0.3) is 12.0 Å². The lowest BCUT2D eigenvalue weighted by Crippen LogP contribution is -2.37. The van der Waals surface area contributed by atoms with Crippen molar-refractivity contribution in [2.75, 3.05) is 24.6 Å². The number of aliphatic hydroxyl groups excluding tert-OH is 1. The van der Waals surface area contributed by atoms with Crippen molar-refractivity contribution in [3.05, 3.63) is 61.3 Å². The van der Waals surface area contributed by atoms with E-state index in [1.54, 1.807) is 17.6 Å². The van der Waals surface area contributed by atoms with Crippen molar-refractivity contribution in [3.63, 3.8) is 0 Å². The maximum absolute atomic E-state index is 13.4. The van der Waals surface area contributed by atoms with Crippen LogP contribution in [0, 0.1) is 0 Å². The highest BCUT2D eigenvalue weighted by molar-refractivity contribution is 9.10. The molecular weight excluding hydrogens is 546 g/mol. The predicted octanol–water partition coefficient (Wildman–Crippen LogP) is 3.50. The monoisotopic (exact) mass is 575 g/mol. The van der Waals surface area contributed by atoms with E-state index in [2.05, 4.69) is 26.9 Å². The van der Waals surface area contributed by atoms with Gasteiger partial charge in [-0.2, -0.15) is 0 Å². The molecule has 36 heavy (non-hydrogen) atoms. The molecule has 192 valence electrons. The second-order valence-electron chi connectivity index (χ2n) is 8.64. The molecule has 2 aromatic heterocycles. The molecule has 1 aromatic carbocycles. The van der Waals surface area contributed by atoms with E-state index in [0.29, 0.717) is 42.3 Å². The van der Waals surface area contributed by atoms with Crippen molar-refractivity contribution >= 4 is 44.1 Å². The Kier molecular flexibility index (Phi) is 8.39. The molecule has 8 nitrogen and oxygen atoms in total. The zero-order valence-electron chi connectivity index (χ0n) is 20.6. The predicted molar refractivity (Wildman–Crippen MR) is 144 cm³/mol. The van der Waals surface area contributed by atoms with Gasteiger partial charge >= 0.3 is 0 Å². The van der Waals surface area contributed by atoms with Gasteiger partial charge in [0.2, 0.25) is 0 Å². The van der Waals surface area contributed by atoms with Crippen LogP contribution < -0.4 is 5.56 Å². The molecule has 0 aliphatic carbocycles. The summed E-state index contributed by atoms with van der Waals surface area (Å²) in [5, 5.41) is 11.4. The Hall–Kier alpha value is -2.40. The molecule has 2 aliphatic rings. The van der Waals surface area contributed by atoms with E-state index in [0.717, 1.165) is 45.3 Å². The summed E-state index contributed by atoms with van der Waals surface area (Å²) in [5.41, 5.74) is 4.68. The summed E-state index contributed by atoms with van der Waals surface area (Å²) >= 11 is 3.57. The number of aliphatic hydroxyl groups is 1. The Bertz CT molecular complexity index is 1380. The van der Waals surface area contributed by atoms with E-state index in [1.807, 2.05) is 26.0 Å². The number of benzene rings is 1. The van der Waals surface area contributed by atoms with E-state index < -0.39 is 16.9 Å². The summed E-state index contributed by atoms with van der Waals surface area (Å²) < 4.78 is 19.3. The SMILES string of the molecule is CC.CC(O)c1cc2n(c(=O)c1COC=O)Cc1c-2nc2ccc(Br)cc2c1CN1CCS(=O)CC1. The van der Waals surface area contributed by atoms with Crippen LogP contribution in [0.25, 0.3) is 22.3 Å². The lowest BCUT2D eigenvalue weighted by Gasteiger charge is -2.27. The second kappa shape index (κ2) is 11.3. The molecule has 4 heterocycles. The minimum Gasteiger partial charge on any atom is -0.463 e. The van der Waals surface area contributed by atoms with Crippen LogP contribution in [0.4, 0.5) is 0 Å². The van der Waals surface area contributed by atoms with Crippen LogP contribution in [0.15, 0.2) is 33.5 Å². The molecule has 1 fully saturated rings. The molecule has 0 spiro atoms. The highest BCUT2D eigenvalue weighted by Crippen LogP contribution is 2.38. The summed E-state index contributed by atoms with van der Waals surface area (Å²) in [6, 6.07) is 7.74. The van der Waals surface area contributed by atoms with Gasteiger partial charge in [-0.3, -0.25) is 18.7 Å². The smallest absolute Gasteiger partial charge is 0.293 e. The van der Waals surface area contributed by atoms with Crippen molar-refractivity contribution in [2.45, 2.75) is 46.6 Å². The van der Waals surface area contributed by atoms with Gasteiger partial charge < -0.3 is 14.4 Å². The number of carbonyl (C=O) groups is 1. The number of hydrogen-bond donors (Lipinski definition) is 1. The van der Waals surface area contributed by atoms with Crippen LogP contribution in [0.5, 0.6) is 0 Å². The van der Waals surface area contributed by atoms with Crippen molar-refractivity contribution in [1.82, 2.24) is 14.5 Å². The molecule has 0 bridgehead atoms. The minimum absolute atomic E-state index is 0.195. The Morgan fingerprint density at radius 1 is 1.22 bits per heavy atom. The molecule has 1 unspecified atom stereocenters. The van der Waals surface area contributed by atoms with Gasteiger partial charge in [0.05, 0.1) is 35.1 Å². The molecular formula is C26H30BrN3O5S. The van der Waals surface area contributed by atoms with Crippen molar-refractivity contribution in [3.8, 4) is 11.4 Å². The lowest BCUT2D eigenvalue weighted by molar-refractivity contribution is -0.129. The molecule has 2 aliphatic heterocycles. The lowest BCUT2D eigenvalue weighted by atomic mass is 9.99. The molecule has 3 aromatic rings. The van der Waals surface area contributed by atoms with Crippen molar-refractivity contribution in [1.29, 1.82) is 0 Å². The van der Waals surface area contributed by atoms with Gasteiger partial charge in [0, 0.05) is 57.4 Å². The molecule has 1 saturated heterocycles. The first kappa shape index (κ1) is 26.7. The average molecular weight is 577 g/mol. The average Bonchev–Trinajstić information content (AvgIpc) is 3.24. The molecule has 10 heteroatoms. The number of fused-ring (bicyclic) bond motifs is 4. The topological polar surface area (TPSA) is 102 Å². The third-order valence-electron chi connectivity index (χ3n) is 6.56. The normalized spacial score (nSPS) is 16.1. The van der Waals surface area contributed by atoms with Crippen LogP contribution in [-0.2, 0) is 40.0 Å². The van der Waals surface area contributed by atoms with Gasteiger partial charge in [0.15, 0.2) is 0 Å². The number of pyridine rings is 2. The number of nitrogens with zero attached hydrogens (tertiary/aromatic N) is 3. The number of hydrogen-bond acceptors (Lipinski definition) is 7. The zero-order chi connectivity index (χ0) is 26.0. The van der Waals surface area contributed by atoms with Gasteiger partial charge in [-0.1, -0.05) is 29.8 Å². The summed E-state index contributed by atoms with van der Waals surface area (Å²) in [5.74, 6) is 1.32. The van der Waals surface area contributed by atoms with E-state index >= 15 is 0 Å². The highest BCUT2D eigenvalue weighted by atomic mass is 79.9. The summed E-state index contributed by atoms with van der Waals surface area (Å²) in [4.78, 5) is 31.4. The molecule has 1 N–H and O–H groups in total. The number of carbonyl (C=O) groups excluding carboxylic acids is 1. The van der Waals surface area contributed by atoms with Crippen LogP contribution in [0.3, 0.4) is 0 Å². The van der Waals surface area contributed by atoms with Gasteiger partial charge in [-0.15, -0.1) is 0 Å². The van der Waals surface area contributed by atoms with Gasteiger partial charge in [0.1, 0.15) is 6.61 Å². The van der Waals surface area contributed by atoms with E-state index in [-0.39, 0.29) is 17.7 Å². The first-order valence-corrected chi connectivity index (χ1v) is 14.3. The van der Waals surface area contributed by atoms with Crippen LogP contribution in [0.1, 0.15) is 49.1 Å². The first-order chi connectivity index (χ1) is 17.4. The highest BCUT2D eigenvalue weighted by Gasteiger charge is 2.30. The van der Waals surface area contributed by atoms with Crippen LogP contribution >= 0.6 is 15.9 Å². The number of rotatable bonds is 6. The number of ether oxygens (including phenoxy) is 1. The fourth-order valence-electron chi connectivity index (χ4n) is 4.82. The standard InChI is InChI=1S/C24H24BrN3O5S.C2H6/c1-14(30)16-9-22-23-19(11-28(22)24(31)20(16)12-33-13-29)18(10-27-4-6-34(32)7-5-27)17-8-15(25)2-3-21(17)26-23;1-2/h2-3,8-9,13-14,30H,4-7,10-12H2,1H3;1-2H3. The number of halogens is 1. The van der Waals surface area contributed by atoms with Crippen LogP contribution in [0.2, 0.25) is 0 Å². The van der Waals surface area contributed by atoms with Crippen molar-refractivity contribution in [2.24, 2.45) is 0 Å². The Morgan fingerprint density at radius 2 is 1.94 bits per heavy atom. The summed E-state index contributed by atoms with van der Waals surface area (Å²) in [6.07, 6.45) is -0.905. The maximum Gasteiger partial charge on any atom is 0.293 e. The molecule has 0 amide bonds. The van der Waals surface area contributed by atoms with E-state index in [4.69, 9.17) is 9.72 Å². The van der Waals surface area contributed by atoms with E-state index in [1.165, 1.54) is 0 Å². The third kappa shape index (κ3) is 5.04. The van der Waals surface area contributed by atoms with E-state index in [9.17, 15) is 18.9 Å². The maximum atomic E-state index is 13.4. The first-order valence-electron chi connectivity index (χ1n) is 12.1. The fraction of sp³-hybridized carbons (Fsp3) is 0.423. The molecule has 1 atom stereocenters. The Morgan fingerprint density at radius 3 is 2.61 bits per heavy atom. The molecule has 0 saturated carbocycles. The largest absolute Gasteiger partial charge is 0.463 e. The van der Waals surface area contributed by atoms with Crippen molar-refractivity contribution < 1.29 is 18.8 Å².